The van der Waals surface area contributed by atoms with Crippen LogP contribution in [-0.4, -0.2) is 29.1 Å². The molecule has 0 saturated heterocycles. The van der Waals surface area contributed by atoms with Gasteiger partial charge in [-0.25, -0.2) is 4.98 Å². The lowest BCUT2D eigenvalue weighted by atomic mass is 10.4. The topological polar surface area (TPSA) is 53.4 Å². The number of hydrogen-bond acceptors (Lipinski definition) is 4. The average Bonchev–Trinajstić information content (AvgIpc) is 2.85. The third-order valence-electron chi connectivity index (χ3n) is 2.24. The monoisotopic (exact) mass is 246 g/mol. The Hall–Kier alpha value is -0.810. The largest absolute Gasteiger partial charge is 0.480 e. The number of halogens is 1. The van der Waals surface area contributed by atoms with Crippen molar-refractivity contribution in [2.75, 3.05) is 18.0 Å². The first-order valence-electron chi connectivity index (χ1n) is 4.73. The number of aliphatic carboxylic acids is 1. The summed E-state index contributed by atoms with van der Waals surface area (Å²) in [6.07, 6.45) is 2.38. The SMILES string of the molecule is O=C(O)CN(CC1CC1)c1nc(Cl)cs1. The fourth-order valence-corrected chi connectivity index (χ4v) is 2.33. The lowest BCUT2D eigenvalue weighted by molar-refractivity contribution is -0.135. The first-order valence-corrected chi connectivity index (χ1v) is 5.98. The lowest BCUT2D eigenvalue weighted by Crippen LogP contribution is -2.31. The normalized spacial score (nSPS) is 15.3. The standard InChI is InChI=1S/C9H11ClN2O2S/c10-7-5-15-9(11-7)12(4-8(13)14)3-6-1-2-6/h5-6H,1-4H2,(H,13,14). The van der Waals surface area contributed by atoms with Crippen LogP contribution in [0.4, 0.5) is 5.13 Å². The van der Waals surface area contributed by atoms with Gasteiger partial charge >= 0.3 is 5.97 Å². The van der Waals surface area contributed by atoms with Gasteiger partial charge in [-0.15, -0.1) is 11.3 Å². The highest BCUT2D eigenvalue weighted by molar-refractivity contribution is 7.14. The van der Waals surface area contributed by atoms with Gasteiger partial charge in [-0.3, -0.25) is 4.79 Å². The molecule has 1 fully saturated rings. The molecule has 0 atom stereocenters. The molecule has 0 unspecified atom stereocenters. The summed E-state index contributed by atoms with van der Waals surface area (Å²) in [6, 6.07) is 0. The van der Waals surface area contributed by atoms with Crippen LogP contribution in [0.1, 0.15) is 12.8 Å². The van der Waals surface area contributed by atoms with Gasteiger partial charge in [-0.1, -0.05) is 11.6 Å². The minimum absolute atomic E-state index is 0.000340. The second kappa shape index (κ2) is 4.37. The maximum absolute atomic E-state index is 10.7. The van der Waals surface area contributed by atoms with Crippen molar-refractivity contribution >= 4 is 34.0 Å². The van der Waals surface area contributed by atoms with Crippen molar-refractivity contribution in [3.8, 4) is 0 Å². The van der Waals surface area contributed by atoms with E-state index in [1.54, 1.807) is 10.3 Å². The number of carboxylic acid groups (broad SMARTS) is 1. The number of anilines is 1. The molecule has 15 heavy (non-hydrogen) atoms. The van der Waals surface area contributed by atoms with E-state index in [0.29, 0.717) is 16.2 Å². The summed E-state index contributed by atoms with van der Waals surface area (Å²) >= 11 is 7.11. The summed E-state index contributed by atoms with van der Waals surface area (Å²) in [5.74, 6) is -0.200. The Bertz CT molecular complexity index is 365. The van der Waals surface area contributed by atoms with Crippen molar-refractivity contribution in [2.24, 2.45) is 5.92 Å². The summed E-state index contributed by atoms with van der Waals surface area (Å²) in [6.45, 7) is 0.774. The van der Waals surface area contributed by atoms with E-state index in [1.807, 2.05) is 0 Å². The summed E-state index contributed by atoms with van der Waals surface area (Å²) < 4.78 is 0. The van der Waals surface area contributed by atoms with Crippen LogP contribution in [0.5, 0.6) is 0 Å². The zero-order valence-corrected chi connectivity index (χ0v) is 9.59. The van der Waals surface area contributed by atoms with Gasteiger partial charge in [0, 0.05) is 11.9 Å². The van der Waals surface area contributed by atoms with Crippen molar-refractivity contribution in [3.63, 3.8) is 0 Å². The molecule has 2 rings (SSSR count). The molecule has 1 N–H and O–H groups in total. The first kappa shape index (κ1) is 10.7. The molecular formula is C9H11ClN2O2S. The predicted molar refractivity (Wildman–Crippen MR) is 59.7 cm³/mol. The Labute approximate surface area is 96.5 Å². The van der Waals surface area contributed by atoms with E-state index in [-0.39, 0.29) is 6.54 Å². The van der Waals surface area contributed by atoms with E-state index in [9.17, 15) is 4.79 Å². The molecule has 1 aliphatic carbocycles. The maximum Gasteiger partial charge on any atom is 0.323 e. The third-order valence-corrected chi connectivity index (χ3v) is 3.46. The van der Waals surface area contributed by atoms with Crippen LogP contribution in [-0.2, 0) is 4.79 Å². The number of carbonyl (C=O) groups is 1. The van der Waals surface area contributed by atoms with E-state index < -0.39 is 5.97 Å². The number of hydrogen-bond donors (Lipinski definition) is 1. The Kier molecular flexibility index (Phi) is 3.11. The van der Waals surface area contributed by atoms with Gasteiger partial charge in [0.25, 0.3) is 0 Å². The quantitative estimate of drug-likeness (QED) is 0.865. The number of thiazole rings is 1. The second-order valence-electron chi connectivity index (χ2n) is 3.67. The van der Waals surface area contributed by atoms with Crippen molar-refractivity contribution in [1.29, 1.82) is 0 Å². The van der Waals surface area contributed by atoms with Gasteiger partial charge in [-0.2, -0.15) is 0 Å². The maximum atomic E-state index is 10.7. The Morgan fingerprint density at radius 3 is 2.93 bits per heavy atom. The molecule has 0 spiro atoms. The summed E-state index contributed by atoms with van der Waals surface area (Å²) in [5, 5.41) is 11.6. The molecular weight excluding hydrogens is 236 g/mol. The smallest absolute Gasteiger partial charge is 0.323 e. The summed E-state index contributed by atoms with van der Waals surface area (Å²) in [5.41, 5.74) is 0. The Morgan fingerprint density at radius 2 is 2.47 bits per heavy atom. The fraction of sp³-hybridized carbons (Fsp3) is 0.556. The van der Waals surface area contributed by atoms with Crippen LogP contribution in [0, 0.1) is 5.92 Å². The molecule has 6 heteroatoms. The number of nitrogens with zero attached hydrogens (tertiary/aromatic N) is 2. The van der Waals surface area contributed by atoms with E-state index in [0.717, 1.165) is 6.54 Å². The molecule has 0 bridgehead atoms. The molecule has 82 valence electrons. The van der Waals surface area contributed by atoms with E-state index in [1.165, 1.54) is 24.2 Å². The molecule has 0 aliphatic heterocycles. The third kappa shape index (κ3) is 3.07. The highest BCUT2D eigenvalue weighted by Crippen LogP contribution is 2.32. The van der Waals surface area contributed by atoms with Crippen molar-refractivity contribution in [3.05, 3.63) is 10.5 Å². The number of carboxylic acids is 1. The Morgan fingerprint density at radius 1 is 1.73 bits per heavy atom. The van der Waals surface area contributed by atoms with Gasteiger partial charge < -0.3 is 10.0 Å². The lowest BCUT2D eigenvalue weighted by Gasteiger charge is -2.18. The van der Waals surface area contributed by atoms with Crippen LogP contribution in [0.3, 0.4) is 0 Å². The molecule has 4 nitrogen and oxygen atoms in total. The fourth-order valence-electron chi connectivity index (χ4n) is 1.38. The van der Waals surface area contributed by atoms with Crippen LogP contribution < -0.4 is 4.90 Å². The van der Waals surface area contributed by atoms with E-state index in [2.05, 4.69) is 4.98 Å². The van der Waals surface area contributed by atoms with E-state index >= 15 is 0 Å². The van der Waals surface area contributed by atoms with Gasteiger partial charge in [0.1, 0.15) is 11.7 Å². The molecule has 0 radical (unpaired) electrons. The van der Waals surface area contributed by atoms with E-state index in [4.69, 9.17) is 16.7 Å². The minimum Gasteiger partial charge on any atom is -0.480 e. The van der Waals surface area contributed by atoms with Crippen LogP contribution in [0.2, 0.25) is 5.15 Å². The van der Waals surface area contributed by atoms with Gasteiger partial charge in [0.15, 0.2) is 5.13 Å². The zero-order chi connectivity index (χ0) is 10.8. The molecule has 1 aromatic heterocycles. The van der Waals surface area contributed by atoms with Gasteiger partial charge in [0.05, 0.1) is 0 Å². The predicted octanol–water partition coefficient (Wildman–Crippen LogP) is 2.10. The van der Waals surface area contributed by atoms with Gasteiger partial charge in [-0.05, 0) is 18.8 Å². The van der Waals surface area contributed by atoms with Crippen molar-refractivity contribution in [1.82, 2.24) is 4.98 Å². The molecule has 1 saturated carbocycles. The molecule has 1 heterocycles. The van der Waals surface area contributed by atoms with Crippen molar-refractivity contribution < 1.29 is 9.90 Å². The molecule has 1 aromatic rings. The summed E-state index contributed by atoms with van der Waals surface area (Å²) in [4.78, 5) is 16.6. The van der Waals surface area contributed by atoms with Gasteiger partial charge in [0.2, 0.25) is 0 Å². The Balaban J connectivity index is 2.05. The molecule has 0 amide bonds. The number of aromatic nitrogens is 1. The van der Waals surface area contributed by atoms with Crippen molar-refractivity contribution in [2.45, 2.75) is 12.8 Å². The molecule has 1 aliphatic rings. The van der Waals surface area contributed by atoms with Crippen LogP contribution in [0.15, 0.2) is 5.38 Å². The summed E-state index contributed by atoms with van der Waals surface area (Å²) in [7, 11) is 0. The number of rotatable bonds is 5. The zero-order valence-electron chi connectivity index (χ0n) is 8.02. The average molecular weight is 247 g/mol. The minimum atomic E-state index is -0.832. The van der Waals surface area contributed by atoms with Crippen LogP contribution in [0.25, 0.3) is 0 Å². The second-order valence-corrected chi connectivity index (χ2v) is 4.89. The molecule has 0 aromatic carbocycles. The van der Waals surface area contributed by atoms with Crippen LogP contribution >= 0.6 is 22.9 Å². The first-order chi connectivity index (χ1) is 7.15. The highest BCUT2D eigenvalue weighted by Gasteiger charge is 2.26. The highest BCUT2D eigenvalue weighted by atomic mass is 35.5.